The first-order valence-corrected chi connectivity index (χ1v) is 6.14. The monoisotopic (exact) mass is 261 g/mol. The summed E-state index contributed by atoms with van der Waals surface area (Å²) >= 11 is 0. The van der Waals surface area contributed by atoms with E-state index >= 15 is 0 Å². The Labute approximate surface area is 109 Å². The predicted molar refractivity (Wildman–Crippen MR) is 46.1 cm³/mol. The van der Waals surface area contributed by atoms with Crippen LogP contribution in [0.1, 0.15) is 0 Å². The normalized spacial score (nSPS) is 11.9. The zero-order valence-electron chi connectivity index (χ0n) is 7.65. The zero-order chi connectivity index (χ0) is 11.0. The Morgan fingerprint density at radius 2 is 1.20 bits per heavy atom. The Morgan fingerprint density at radius 1 is 0.867 bits per heavy atom. The summed E-state index contributed by atoms with van der Waals surface area (Å²) in [4.78, 5) is -1.18. The van der Waals surface area contributed by atoms with E-state index in [9.17, 15) is 16.8 Å². The summed E-state index contributed by atoms with van der Waals surface area (Å²) in [6.07, 6.45) is 0. The minimum atomic E-state index is -4.46. The van der Waals surface area contributed by atoms with Crippen molar-refractivity contribution in [3.05, 3.63) is 24.3 Å². The molecule has 0 unspecified atom stereocenters. The molecule has 6 nitrogen and oxygen atoms in total. The molecule has 9 heteroatoms. The van der Waals surface area contributed by atoms with E-state index < -0.39 is 30.0 Å². The van der Waals surface area contributed by atoms with Crippen LogP contribution in [0.5, 0.6) is 0 Å². The second-order valence-corrected chi connectivity index (χ2v) is 5.27. The van der Waals surface area contributed by atoms with Crippen LogP contribution in [0.15, 0.2) is 34.1 Å². The molecule has 1 aromatic rings. The summed E-state index contributed by atoms with van der Waals surface area (Å²) in [5, 5.41) is 0. The summed E-state index contributed by atoms with van der Waals surface area (Å²) in [6.45, 7) is 0. The van der Waals surface area contributed by atoms with Gasteiger partial charge >= 0.3 is 29.6 Å². The number of benzene rings is 1. The van der Waals surface area contributed by atoms with Crippen LogP contribution in [0.2, 0.25) is 0 Å². The number of rotatable bonds is 2. The fourth-order valence-electron chi connectivity index (χ4n) is 0.795. The molecule has 0 radical (unpaired) electrons. The molecule has 0 atom stereocenters. The van der Waals surface area contributed by atoms with Crippen molar-refractivity contribution in [3.63, 3.8) is 0 Å². The maximum absolute atomic E-state index is 10.6. The van der Waals surface area contributed by atoms with E-state index in [4.69, 9.17) is 9.11 Å². The summed E-state index contributed by atoms with van der Waals surface area (Å²) < 4.78 is 59.5. The van der Waals surface area contributed by atoms with Crippen LogP contribution in [0.25, 0.3) is 0 Å². The van der Waals surface area contributed by atoms with Crippen molar-refractivity contribution < 1.29 is 55.5 Å². The topological polar surface area (TPSA) is 109 Å². The first-order valence-electron chi connectivity index (χ1n) is 3.26. The van der Waals surface area contributed by atoms with Gasteiger partial charge in [0.1, 0.15) is 0 Å². The van der Waals surface area contributed by atoms with Crippen molar-refractivity contribution in [2.75, 3.05) is 0 Å². The third kappa shape index (κ3) is 4.19. The first kappa shape index (κ1) is 15.0. The molecule has 0 saturated heterocycles. The van der Waals surface area contributed by atoms with Gasteiger partial charge in [-0.2, -0.15) is 16.8 Å². The third-order valence-electron chi connectivity index (χ3n) is 1.40. The van der Waals surface area contributed by atoms with Crippen molar-refractivity contribution in [1.29, 1.82) is 0 Å². The van der Waals surface area contributed by atoms with Crippen molar-refractivity contribution >= 4 is 20.2 Å². The van der Waals surface area contributed by atoms with Gasteiger partial charge in [-0.3, -0.25) is 9.11 Å². The maximum Gasteiger partial charge on any atom is 1.00 e. The van der Waals surface area contributed by atoms with E-state index in [0.29, 0.717) is 6.07 Å². The molecule has 0 aliphatic rings. The van der Waals surface area contributed by atoms with Crippen LogP contribution < -0.4 is 29.6 Å². The molecule has 1 aromatic carbocycles. The Kier molecular flexibility index (Phi) is 4.93. The van der Waals surface area contributed by atoms with E-state index in [1.54, 1.807) is 0 Å². The van der Waals surface area contributed by atoms with Gasteiger partial charge in [-0.25, -0.2) is 0 Å². The second-order valence-electron chi connectivity index (χ2n) is 2.42. The van der Waals surface area contributed by atoms with Gasteiger partial charge in [0.05, 0.1) is 9.79 Å². The van der Waals surface area contributed by atoms with Crippen LogP contribution in [-0.4, -0.2) is 25.9 Å². The van der Waals surface area contributed by atoms with E-state index in [2.05, 4.69) is 0 Å². The average molecular weight is 261 g/mol. The molecule has 0 bridgehead atoms. The third-order valence-corrected chi connectivity index (χ3v) is 3.10. The van der Waals surface area contributed by atoms with Gasteiger partial charge in [-0.05, 0) is 18.2 Å². The molecule has 0 aromatic heterocycles. The standard InChI is InChI=1S/C6H6O6S2.Na/c7-13(8,9)5-2-1-3-6(4-5)14(10,11)12;/h1-4H,(H,7,8,9)(H,10,11,12);/q;+1. The molecule has 0 saturated carbocycles. The molecule has 0 amide bonds. The minimum Gasteiger partial charge on any atom is -0.282 e. The van der Waals surface area contributed by atoms with Gasteiger partial charge in [-0.15, -0.1) is 0 Å². The van der Waals surface area contributed by atoms with Crippen LogP contribution in [-0.2, 0) is 20.2 Å². The molecule has 0 aliphatic carbocycles. The maximum atomic E-state index is 10.6. The fraction of sp³-hybridized carbons (Fsp3) is 0. The molecule has 0 fully saturated rings. The summed E-state index contributed by atoms with van der Waals surface area (Å²) in [6, 6.07) is 3.75. The van der Waals surface area contributed by atoms with E-state index in [1.807, 2.05) is 0 Å². The van der Waals surface area contributed by atoms with Crippen LogP contribution in [0, 0.1) is 0 Å². The largest absolute Gasteiger partial charge is 1.00 e. The predicted octanol–water partition coefficient (Wildman–Crippen LogP) is -2.82. The molecule has 0 aliphatic heterocycles. The quantitative estimate of drug-likeness (QED) is 0.439. The molecule has 0 spiro atoms. The van der Waals surface area contributed by atoms with E-state index in [-0.39, 0.29) is 29.6 Å². The SMILES string of the molecule is O=S(=O)(O)c1cccc(S(=O)(=O)O)c1.[Na+]. The van der Waals surface area contributed by atoms with Crippen LogP contribution >= 0.6 is 0 Å². The summed E-state index contributed by atoms with van der Waals surface area (Å²) in [5.41, 5.74) is 0. The van der Waals surface area contributed by atoms with E-state index in [0.717, 1.165) is 18.2 Å². The molecule has 2 N–H and O–H groups in total. The second kappa shape index (κ2) is 4.91. The molecule has 0 heterocycles. The van der Waals surface area contributed by atoms with Gasteiger partial charge in [-0.1, -0.05) is 6.07 Å². The molecule has 15 heavy (non-hydrogen) atoms. The molecule has 78 valence electrons. The van der Waals surface area contributed by atoms with Crippen molar-refractivity contribution in [1.82, 2.24) is 0 Å². The number of hydrogen-bond acceptors (Lipinski definition) is 4. The molecular weight excluding hydrogens is 255 g/mol. The van der Waals surface area contributed by atoms with Gasteiger partial charge in [0.15, 0.2) is 0 Å². The molecular formula is C6H6NaO6S2+. The fourth-order valence-corrected chi connectivity index (χ4v) is 1.92. The van der Waals surface area contributed by atoms with Crippen molar-refractivity contribution in [3.8, 4) is 0 Å². The van der Waals surface area contributed by atoms with E-state index in [1.165, 1.54) is 0 Å². The summed E-state index contributed by atoms with van der Waals surface area (Å²) in [5.74, 6) is 0. The Hall–Kier alpha value is 0.0400. The smallest absolute Gasteiger partial charge is 0.282 e. The van der Waals surface area contributed by atoms with Crippen molar-refractivity contribution in [2.45, 2.75) is 9.79 Å². The van der Waals surface area contributed by atoms with Crippen LogP contribution in [0.4, 0.5) is 0 Å². The Bertz CT molecular complexity index is 499. The van der Waals surface area contributed by atoms with Gasteiger partial charge in [0.2, 0.25) is 0 Å². The first-order chi connectivity index (χ1) is 6.21. The Balaban J connectivity index is 0.00000196. The van der Waals surface area contributed by atoms with Gasteiger partial charge < -0.3 is 0 Å². The zero-order valence-corrected chi connectivity index (χ0v) is 11.3. The molecule has 1 rings (SSSR count). The van der Waals surface area contributed by atoms with Gasteiger partial charge in [0.25, 0.3) is 20.2 Å². The van der Waals surface area contributed by atoms with Crippen molar-refractivity contribution in [2.24, 2.45) is 0 Å². The minimum absolute atomic E-state index is 0. The van der Waals surface area contributed by atoms with Gasteiger partial charge in [0, 0.05) is 0 Å². The van der Waals surface area contributed by atoms with Crippen LogP contribution in [0.3, 0.4) is 0 Å². The Morgan fingerprint density at radius 3 is 1.47 bits per heavy atom. The summed E-state index contributed by atoms with van der Waals surface area (Å²) in [7, 11) is -8.92. The number of hydrogen-bond donors (Lipinski definition) is 2. The average Bonchev–Trinajstić information content (AvgIpc) is 2.01.